The third-order valence-electron chi connectivity index (χ3n) is 3.65. The molecule has 0 aliphatic heterocycles. The number of anilines is 1. The number of nitrogens with one attached hydrogen (secondary N) is 2. The Morgan fingerprint density at radius 2 is 1.90 bits per heavy atom. The largest absolute Gasteiger partial charge is 0.417 e. The summed E-state index contributed by atoms with van der Waals surface area (Å²) in [6.07, 6.45) is -2.23. The maximum absolute atomic E-state index is 12.7. The van der Waals surface area contributed by atoms with Crippen LogP contribution < -0.4 is 10.6 Å². The van der Waals surface area contributed by atoms with Gasteiger partial charge < -0.3 is 10.6 Å². The van der Waals surface area contributed by atoms with Crippen molar-refractivity contribution in [2.75, 3.05) is 17.3 Å². The molecule has 29 heavy (non-hydrogen) atoms. The quantitative estimate of drug-likeness (QED) is 0.619. The van der Waals surface area contributed by atoms with E-state index in [1.807, 2.05) is 13.2 Å². The van der Waals surface area contributed by atoms with E-state index in [2.05, 4.69) is 15.6 Å². The van der Waals surface area contributed by atoms with E-state index in [9.17, 15) is 22.8 Å². The number of benzene rings is 1. The van der Waals surface area contributed by atoms with Crippen LogP contribution in [0.2, 0.25) is 10.0 Å². The van der Waals surface area contributed by atoms with E-state index < -0.39 is 34.3 Å². The van der Waals surface area contributed by atoms with Crippen LogP contribution in [-0.2, 0) is 6.18 Å². The minimum absolute atomic E-state index is 0.0989. The summed E-state index contributed by atoms with van der Waals surface area (Å²) in [6, 6.07) is 4.72. The Labute approximate surface area is 179 Å². The molecule has 1 heterocycles. The molecule has 0 radical (unpaired) electrons. The molecule has 0 aliphatic carbocycles. The number of rotatable bonds is 6. The predicted molar refractivity (Wildman–Crippen MR) is 109 cm³/mol. The van der Waals surface area contributed by atoms with E-state index in [0.29, 0.717) is 18.0 Å². The summed E-state index contributed by atoms with van der Waals surface area (Å²) in [7, 11) is 0. The minimum Gasteiger partial charge on any atom is -0.349 e. The van der Waals surface area contributed by atoms with Crippen LogP contribution in [0, 0.1) is 0 Å². The van der Waals surface area contributed by atoms with Gasteiger partial charge in [0.25, 0.3) is 11.8 Å². The van der Waals surface area contributed by atoms with Crippen LogP contribution in [0.4, 0.5) is 18.9 Å². The van der Waals surface area contributed by atoms with Crippen molar-refractivity contribution in [3.8, 4) is 0 Å². The molecule has 1 atom stereocenters. The molecule has 0 spiro atoms. The first-order chi connectivity index (χ1) is 13.5. The van der Waals surface area contributed by atoms with E-state index >= 15 is 0 Å². The second-order valence-electron chi connectivity index (χ2n) is 6.03. The summed E-state index contributed by atoms with van der Waals surface area (Å²) in [5.41, 5.74) is -1.27. The highest BCUT2D eigenvalue weighted by molar-refractivity contribution is 7.98. The van der Waals surface area contributed by atoms with Crippen molar-refractivity contribution in [2.24, 2.45) is 0 Å². The van der Waals surface area contributed by atoms with Gasteiger partial charge in [-0.25, -0.2) is 4.98 Å². The minimum atomic E-state index is -4.64. The number of alkyl halides is 3. The van der Waals surface area contributed by atoms with Gasteiger partial charge in [0.1, 0.15) is 5.69 Å². The highest BCUT2D eigenvalue weighted by Gasteiger charge is 2.32. The van der Waals surface area contributed by atoms with Crippen molar-refractivity contribution >= 4 is 52.5 Å². The van der Waals surface area contributed by atoms with Gasteiger partial charge in [0.2, 0.25) is 0 Å². The van der Waals surface area contributed by atoms with E-state index in [-0.39, 0.29) is 22.3 Å². The van der Waals surface area contributed by atoms with Crippen LogP contribution in [-0.4, -0.2) is 34.8 Å². The zero-order valence-corrected chi connectivity index (χ0v) is 17.6. The lowest BCUT2D eigenvalue weighted by Gasteiger charge is -2.16. The molecule has 156 valence electrons. The fraction of sp³-hybridized carbons (Fsp3) is 0.278. The molecule has 0 aliphatic rings. The Bertz CT molecular complexity index is 926. The van der Waals surface area contributed by atoms with Crippen molar-refractivity contribution in [1.29, 1.82) is 0 Å². The lowest BCUT2D eigenvalue weighted by atomic mass is 10.1. The monoisotopic (exact) mass is 465 g/mol. The van der Waals surface area contributed by atoms with Crippen LogP contribution in [0.3, 0.4) is 0 Å². The lowest BCUT2D eigenvalue weighted by Crippen LogP contribution is -2.34. The standard InChI is InChI=1S/C18H16Cl2F3N3O2S/c1-9(8-29-2)25-16(27)12-6-11(19)3-4-14(12)26-17(28)15-13(20)5-10(7-24-15)18(21,22)23/h3-7,9H,8H2,1-2H3,(H,25,27)(H,26,28)/t9-/m1/s1. The van der Waals surface area contributed by atoms with Gasteiger partial charge in [0.05, 0.1) is 21.8 Å². The summed E-state index contributed by atoms with van der Waals surface area (Å²) in [5.74, 6) is -0.646. The summed E-state index contributed by atoms with van der Waals surface area (Å²) in [4.78, 5) is 28.5. The average Bonchev–Trinajstić information content (AvgIpc) is 2.62. The molecule has 11 heteroatoms. The van der Waals surface area contributed by atoms with Crippen LogP contribution in [0.1, 0.15) is 33.3 Å². The topological polar surface area (TPSA) is 71.1 Å². The molecule has 1 aromatic heterocycles. The second-order valence-corrected chi connectivity index (χ2v) is 7.78. The zero-order valence-electron chi connectivity index (χ0n) is 15.2. The maximum Gasteiger partial charge on any atom is 0.417 e. The molecule has 2 N–H and O–H groups in total. The Kier molecular flexibility index (Phi) is 7.79. The van der Waals surface area contributed by atoms with Crippen molar-refractivity contribution < 1.29 is 22.8 Å². The van der Waals surface area contributed by atoms with Gasteiger partial charge >= 0.3 is 6.18 Å². The van der Waals surface area contributed by atoms with Crippen LogP contribution in [0.5, 0.6) is 0 Å². The van der Waals surface area contributed by atoms with Gasteiger partial charge in [0.15, 0.2) is 0 Å². The Balaban J connectivity index is 2.28. The van der Waals surface area contributed by atoms with Gasteiger partial charge in [-0.3, -0.25) is 9.59 Å². The van der Waals surface area contributed by atoms with Gasteiger partial charge in [-0.2, -0.15) is 24.9 Å². The normalized spacial score (nSPS) is 12.4. The fourth-order valence-electron chi connectivity index (χ4n) is 2.35. The molecule has 2 amide bonds. The summed E-state index contributed by atoms with van der Waals surface area (Å²) < 4.78 is 38.2. The molecule has 0 bridgehead atoms. The number of aromatic nitrogens is 1. The van der Waals surface area contributed by atoms with Crippen LogP contribution in [0.15, 0.2) is 30.5 Å². The highest BCUT2D eigenvalue weighted by atomic mass is 35.5. The summed E-state index contributed by atoms with van der Waals surface area (Å²) in [6.45, 7) is 1.82. The second kappa shape index (κ2) is 9.69. The van der Waals surface area contributed by atoms with Crippen molar-refractivity contribution in [1.82, 2.24) is 10.3 Å². The predicted octanol–water partition coefficient (Wildman–Crippen LogP) is 5.14. The Hall–Kier alpha value is -1.97. The van der Waals surface area contributed by atoms with Crippen molar-refractivity contribution in [3.63, 3.8) is 0 Å². The van der Waals surface area contributed by atoms with Gasteiger partial charge in [-0.15, -0.1) is 0 Å². The van der Waals surface area contributed by atoms with Gasteiger partial charge in [-0.05, 0) is 37.4 Å². The van der Waals surface area contributed by atoms with E-state index in [1.165, 1.54) is 18.2 Å². The number of halogens is 5. The smallest absolute Gasteiger partial charge is 0.349 e. The van der Waals surface area contributed by atoms with Crippen molar-refractivity contribution in [3.05, 3.63) is 57.3 Å². The highest BCUT2D eigenvalue weighted by Crippen LogP contribution is 2.31. The van der Waals surface area contributed by atoms with Gasteiger partial charge in [0, 0.05) is 23.0 Å². The van der Waals surface area contributed by atoms with Crippen LogP contribution in [0.25, 0.3) is 0 Å². The molecular weight excluding hydrogens is 450 g/mol. The number of carbonyl (C=O) groups is 2. The van der Waals surface area contributed by atoms with E-state index in [0.717, 1.165) is 0 Å². The molecule has 2 rings (SSSR count). The molecule has 0 unspecified atom stereocenters. The first-order valence-corrected chi connectivity index (χ1v) is 10.3. The molecule has 1 aromatic carbocycles. The lowest BCUT2D eigenvalue weighted by molar-refractivity contribution is -0.137. The first kappa shape index (κ1) is 23.3. The number of thioether (sulfide) groups is 1. The van der Waals surface area contributed by atoms with E-state index in [4.69, 9.17) is 23.2 Å². The van der Waals surface area contributed by atoms with Crippen LogP contribution >= 0.6 is 35.0 Å². The Morgan fingerprint density at radius 3 is 2.48 bits per heavy atom. The zero-order chi connectivity index (χ0) is 21.8. The molecule has 0 saturated carbocycles. The third-order valence-corrected chi connectivity index (χ3v) is 5.01. The summed E-state index contributed by atoms with van der Waals surface area (Å²) in [5, 5.41) is 5.03. The van der Waals surface area contributed by atoms with Crippen molar-refractivity contribution in [2.45, 2.75) is 19.1 Å². The molecule has 0 fully saturated rings. The van der Waals surface area contributed by atoms with E-state index in [1.54, 1.807) is 11.8 Å². The SMILES string of the molecule is CSC[C@@H](C)NC(=O)c1cc(Cl)ccc1NC(=O)c1ncc(C(F)(F)F)cc1Cl. The third kappa shape index (κ3) is 6.25. The summed E-state index contributed by atoms with van der Waals surface area (Å²) >= 11 is 13.3. The maximum atomic E-state index is 12.7. The van der Waals surface area contributed by atoms with Gasteiger partial charge in [-0.1, -0.05) is 23.2 Å². The number of hydrogen-bond donors (Lipinski definition) is 2. The molecular formula is C18H16Cl2F3N3O2S. The first-order valence-electron chi connectivity index (χ1n) is 8.16. The number of carbonyl (C=O) groups excluding carboxylic acids is 2. The fourth-order valence-corrected chi connectivity index (χ4v) is 3.36. The number of pyridine rings is 1. The molecule has 2 aromatic rings. The number of hydrogen-bond acceptors (Lipinski definition) is 4. The number of nitrogens with zero attached hydrogens (tertiary/aromatic N) is 1. The molecule has 5 nitrogen and oxygen atoms in total. The Morgan fingerprint density at radius 1 is 1.21 bits per heavy atom. The number of amides is 2. The average molecular weight is 466 g/mol. The molecule has 0 saturated heterocycles.